The summed E-state index contributed by atoms with van der Waals surface area (Å²) < 4.78 is 12.8. The highest BCUT2D eigenvalue weighted by Gasteiger charge is 2.13. The first kappa shape index (κ1) is 16.7. The maximum Gasteiger partial charge on any atom is 0.231 e. The van der Waals surface area contributed by atoms with Gasteiger partial charge in [0.2, 0.25) is 6.79 Å². The number of rotatable bonds is 6. The zero-order valence-corrected chi connectivity index (χ0v) is 15.4. The Balaban J connectivity index is 1.33. The zero-order chi connectivity index (χ0) is 17.8. The van der Waals surface area contributed by atoms with Crippen LogP contribution in [-0.2, 0) is 13.0 Å². The van der Waals surface area contributed by atoms with E-state index in [9.17, 15) is 0 Å². The van der Waals surface area contributed by atoms with Crippen molar-refractivity contribution in [3.8, 4) is 11.5 Å². The van der Waals surface area contributed by atoms with Gasteiger partial charge in [-0.2, -0.15) is 0 Å². The summed E-state index contributed by atoms with van der Waals surface area (Å²) >= 11 is 1.63. The van der Waals surface area contributed by atoms with Crippen molar-refractivity contribution in [1.82, 2.24) is 20.0 Å². The number of hydrogen-bond acceptors (Lipinski definition) is 5. The standard InChI is InChI=1S/C18H21N5O2S/c1-2-19-17(21-10-14-11-23-7-8-26-18(23)22-14)20-6-5-13-3-4-15-16(9-13)25-12-24-15/h3-4,7-9,11H,2,5-6,10,12H2,1H3,(H2,19,20,21). The summed E-state index contributed by atoms with van der Waals surface area (Å²) in [6.45, 7) is 4.51. The fourth-order valence-electron chi connectivity index (χ4n) is 2.78. The van der Waals surface area contributed by atoms with Crippen LogP contribution in [0, 0.1) is 0 Å². The van der Waals surface area contributed by atoms with E-state index in [0.717, 1.165) is 47.6 Å². The number of benzene rings is 1. The van der Waals surface area contributed by atoms with E-state index in [1.807, 2.05) is 34.3 Å². The van der Waals surface area contributed by atoms with E-state index in [2.05, 4.69) is 33.6 Å². The minimum Gasteiger partial charge on any atom is -0.454 e. The Morgan fingerprint density at radius 3 is 3.12 bits per heavy atom. The van der Waals surface area contributed by atoms with E-state index in [1.165, 1.54) is 5.56 Å². The average molecular weight is 371 g/mol. The van der Waals surface area contributed by atoms with Crippen molar-refractivity contribution >= 4 is 22.3 Å². The molecule has 1 aromatic carbocycles. The summed E-state index contributed by atoms with van der Waals surface area (Å²) in [4.78, 5) is 10.2. The lowest BCUT2D eigenvalue weighted by Crippen LogP contribution is -2.38. The fourth-order valence-corrected chi connectivity index (χ4v) is 3.49. The second-order valence-corrected chi connectivity index (χ2v) is 6.76. The first-order valence-corrected chi connectivity index (χ1v) is 9.51. The number of ether oxygens (including phenoxy) is 2. The summed E-state index contributed by atoms with van der Waals surface area (Å²) in [5, 5.41) is 8.67. The summed E-state index contributed by atoms with van der Waals surface area (Å²) in [7, 11) is 0. The van der Waals surface area contributed by atoms with Gasteiger partial charge in [0.05, 0.1) is 12.2 Å². The third-order valence-electron chi connectivity index (χ3n) is 4.03. The van der Waals surface area contributed by atoms with Gasteiger partial charge in [-0.3, -0.25) is 4.40 Å². The van der Waals surface area contributed by atoms with Gasteiger partial charge in [-0.15, -0.1) is 11.3 Å². The Morgan fingerprint density at radius 1 is 1.31 bits per heavy atom. The van der Waals surface area contributed by atoms with Gasteiger partial charge in [-0.25, -0.2) is 9.98 Å². The van der Waals surface area contributed by atoms with Crippen LogP contribution in [0.4, 0.5) is 0 Å². The molecule has 0 radical (unpaired) electrons. The van der Waals surface area contributed by atoms with Gasteiger partial charge in [0.1, 0.15) is 0 Å². The minimum absolute atomic E-state index is 0.306. The maximum absolute atomic E-state index is 5.42. The van der Waals surface area contributed by atoms with Gasteiger partial charge in [-0.05, 0) is 31.0 Å². The maximum atomic E-state index is 5.42. The van der Waals surface area contributed by atoms with E-state index in [-0.39, 0.29) is 0 Å². The summed E-state index contributed by atoms with van der Waals surface area (Å²) in [5.41, 5.74) is 2.16. The van der Waals surface area contributed by atoms with Crippen molar-refractivity contribution in [1.29, 1.82) is 0 Å². The van der Waals surface area contributed by atoms with Crippen molar-refractivity contribution in [2.45, 2.75) is 19.9 Å². The Kier molecular flexibility index (Phi) is 4.92. The largest absolute Gasteiger partial charge is 0.454 e. The second kappa shape index (κ2) is 7.65. The SMILES string of the molecule is CCNC(=NCc1cn2ccsc2n1)NCCc1ccc2c(c1)OCO2. The first-order chi connectivity index (χ1) is 12.8. The number of aromatic nitrogens is 2. The van der Waals surface area contributed by atoms with E-state index >= 15 is 0 Å². The number of nitrogens with one attached hydrogen (secondary N) is 2. The van der Waals surface area contributed by atoms with Crippen molar-refractivity contribution < 1.29 is 9.47 Å². The molecule has 0 saturated heterocycles. The summed E-state index contributed by atoms with van der Waals surface area (Å²) in [6, 6.07) is 6.06. The highest BCUT2D eigenvalue weighted by atomic mass is 32.1. The molecule has 3 aromatic rings. The molecule has 26 heavy (non-hydrogen) atoms. The lowest BCUT2D eigenvalue weighted by Gasteiger charge is -2.11. The molecule has 0 aliphatic carbocycles. The Hall–Kier alpha value is -2.74. The Bertz CT molecular complexity index is 889. The van der Waals surface area contributed by atoms with E-state index in [1.54, 1.807) is 11.3 Å². The smallest absolute Gasteiger partial charge is 0.231 e. The van der Waals surface area contributed by atoms with Crippen LogP contribution in [0.5, 0.6) is 11.5 Å². The fraction of sp³-hybridized carbons (Fsp3) is 0.333. The lowest BCUT2D eigenvalue weighted by atomic mass is 10.1. The molecule has 7 nitrogen and oxygen atoms in total. The molecule has 0 bridgehead atoms. The number of guanidine groups is 1. The topological polar surface area (TPSA) is 72.2 Å². The molecule has 0 unspecified atom stereocenters. The molecule has 0 amide bonds. The number of thiazole rings is 1. The number of imidazole rings is 1. The summed E-state index contributed by atoms with van der Waals surface area (Å²) in [6.07, 6.45) is 4.90. The predicted octanol–water partition coefficient (Wildman–Crippen LogP) is 2.42. The van der Waals surface area contributed by atoms with E-state index < -0.39 is 0 Å². The molecule has 8 heteroatoms. The Labute approximate surface area is 155 Å². The van der Waals surface area contributed by atoms with Crippen LogP contribution in [0.2, 0.25) is 0 Å². The summed E-state index contributed by atoms with van der Waals surface area (Å²) in [5.74, 6) is 2.43. The molecule has 4 rings (SSSR count). The highest BCUT2D eigenvalue weighted by Crippen LogP contribution is 2.32. The number of nitrogens with zero attached hydrogens (tertiary/aromatic N) is 3. The van der Waals surface area contributed by atoms with Crippen LogP contribution in [0.15, 0.2) is 41.0 Å². The van der Waals surface area contributed by atoms with Crippen LogP contribution in [0.3, 0.4) is 0 Å². The Morgan fingerprint density at radius 2 is 2.23 bits per heavy atom. The number of hydrogen-bond donors (Lipinski definition) is 2. The predicted molar refractivity (Wildman–Crippen MR) is 102 cm³/mol. The molecule has 0 fully saturated rings. The van der Waals surface area contributed by atoms with Crippen molar-refractivity contribution in [3.05, 3.63) is 47.2 Å². The average Bonchev–Trinajstić information content (AvgIpc) is 3.35. The van der Waals surface area contributed by atoms with Gasteiger partial charge >= 0.3 is 0 Å². The molecule has 2 N–H and O–H groups in total. The van der Waals surface area contributed by atoms with Crippen LogP contribution in [-0.4, -0.2) is 35.2 Å². The zero-order valence-electron chi connectivity index (χ0n) is 14.6. The number of aliphatic imine (C=N–C) groups is 1. The lowest BCUT2D eigenvalue weighted by molar-refractivity contribution is 0.174. The van der Waals surface area contributed by atoms with Gasteiger partial charge in [0.25, 0.3) is 0 Å². The van der Waals surface area contributed by atoms with Crippen molar-refractivity contribution in [2.24, 2.45) is 4.99 Å². The van der Waals surface area contributed by atoms with Crippen molar-refractivity contribution in [3.63, 3.8) is 0 Å². The van der Waals surface area contributed by atoms with Gasteiger partial charge < -0.3 is 20.1 Å². The van der Waals surface area contributed by atoms with Gasteiger partial charge in [0, 0.05) is 30.9 Å². The molecule has 0 spiro atoms. The highest BCUT2D eigenvalue weighted by molar-refractivity contribution is 7.15. The molecular formula is C18H21N5O2S. The molecule has 1 aliphatic heterocycles. The third kappa shape index (κ3) is 3.75. The minimum atomic E-state index is 0.306. The van der Waals surface area contributed by atoms with E-state index in [0.29, 0.717) is 13.3 Å². The molecule has 2 aromatic heterocycles. The second-order valence-electron chi connectivity index (χ2n) is 5.88. The number of fused-ring (bicyclic) bond motifs is 2. The first-order valence-electron chi connectivity index (χ1n) is 8.63. The van der Waals surface area contributed by atoms with Crippen molar-refractivity contribution in [2.75, 3.05) is 19.9 Å². The molecular weight excluding hydrogens is 350 g/mol. The van der Waals surface area contributed by atoms with Gasteiger partial charge in [-0.1, -0.05) is 6.07 Å². The van der Waals surface area contributed by atoms with E-state index in [4.69, 9.17) is 9.47 Å². The third-order valence-corrected chi connectivity index (χ3v) is 4.80. The molecule has 0 saturated carbocycles. The van der Waals surface area contributed by atoms with Gasteiger partial charge in [0.15, 0.2) is 22.4 Å². The van der Waals surface area contributed by atoms with Crippen LogP contribution in [0.25, 0.3) is 4.96 Å². The monoisotopic (exact) mass is 371 g/mol. The van der Waals surface area contributed by atoms with Crippen LogP contribution >= 0.6 is 11.3 Å². The van der Waals surface area contributed by atoms with Crippen LogP contribution < -0.4 is 20.1 Å². The molecule has 1 aliphatic rings. The molecule has 136 valence electrons. The normalized spacial score (nSPS) is 13.3. The quantitative estimate of drug-likeness (QED) is 0.514. The van der Waals surface area contributed by atoms with Crippen LogP contribution in [0.1, 0.15) is 18.2 Å². The molecule has 3 heterocycles. The molecule has 0 atom stereocenters.